The maximum atomic E-state index is 12.2. The Morgan fingerprint density at radius 1 is 1.21 bits per heavy atom. The summed E-state index contributed by atoms with van der Waals surface area (Å²) in [7, 11) is 1.29. The normalized spacial score (nSPS) is 14.8. The summed E-state index contributed by atoms with van der Waals surface area (Å²) >= 11 is 0. The van der Waals surface area contributed by atoms with Crippen LogP contribution in [0.25, 0.3) is 5.57 Å². The molecule has 6 heteroatoms. The van der Waals surface area contributed by atoms with Crippen LogP contribution in [-0.2, 0) is 9.47 Å². The highest BCUT2D eigenvalue weighted by atomic mass is 16.6. The lowest BCUT2D eigenvalue weighted by atomic mass is 9.99. The van der Waals surface area contributed by atoms with Crippen LogP contribution in [0.2, 0.25) is 0 Å². The van der Waals surface area contributed by atoms with Gasteiger partial charge in [-0.3, -0.25) is 0 Å². The van der Waals surface area contributed by atoms with Crippen molar-refractivity contribution in [2.75, 3.05) is 20.2 Å². The Balaban J connectivity index is 2.21. The molecule has 2 rings (SSSR count). The van der Waals surface area contributed by atoms with Gasteiger partial charge in [0.05, 0.1) is 12.7 Å². The average Bonchev–Trinajstić information content (AvgIpc) is 2.52. The minimum atomic E-state index is -0.554. The van der Waals surface area contributed by atoms with E-state index in [4.69, 9.17) is 9.47 Å². The number of phenolic OH excluding ortho intramolecular Hbond substituents is 1. The van der Waals surface area contributed by atoms with Gasteiger partial charge in [-0.25, -0.2) is 9.59 Å². The van der Waals surface area contributed by atoms with E-state index in [-0.39, 0.29) is 17.4 Å². The van der Waals surface area contributed by atoms with E-state index >= 15 is 0 Å². The third kappa shape index (κ3) is 4.50. The van der Waals surface area contributed by atoms with Crippen molar-refractivity contribution in [2.45, 2.75) is 32.8 Å². The largest absolute Gasteiger partial charge is 0.508 e. The first-order chi connectivity index (χ1) is 11.2. The highest BCUT2D eigenvalue weighted by molar-refractivity contribution is 5.91. The van der Waals surface area contributed by atoms with E-state index < -0.39 is 11.6 Å². The number of methoxy groups -OCH3 is 1. The number of carbonyl (C=O) groups excluding carboxylic acids is 2. The Kier molecular flexibility index (Phi) is 5.17. The SMILES string of the molecule is COC(=O)c1cc(O)cc(C2=CCCN(C(=O)OC(C)(C)C)C2)c1. The molecule has 0 fully saturated rings. The van der Waals surface area contributed by atoms with E-state index in [1.807, 2.05) is 26.8 Å². The first-order valence-electron chi connectivity index (χ1n) is 7.79. The first kappa shape index (κ1) is 17.8. The van der Waals surface area contributed by atoms with Gasteiger partial charge in [0.1, 0.15) is 11.4 Å². The standard InChI is InChI=1S/C18H23NO5/c1-18(2,3)24-17(22)19-7-5-6-12(11-19)13-8-14(16(21)23-4)10-15(20)9-13/h6,8-10,20H,5,7,11H2,1-4H3. The quantitative estimate of drug-likeness (QED) is 0.841. The second-order valence-electron chi connectivity index (χ2n) is 6.68. The van der Waals surface area contributed by atoms with E-state index in [9.17, 15) is 14.7 Å². The number of rotatable bonds is 2. The lowest BCUT2D eigenvalue weighted by molar-refractivity contribution is 0.0272. The fourth-order valence-electron chi connectivity index (χ4n) is 2.47. The van der Waals surface area contributed by atoms with Crippen molar-refractivity contribution in [2.24, 2.45) is 0 Å². The number of benzene rings is 1. The van der Waals surface area contributed by atoms with Crippen LogP contribution in [-0.4, -0.2) is 47.9 Å². The summed E-state index contributed by atoms with van der Waals surface area (Å²) in [5, 5.41) is 9.86. The Hall–Kier alpha value is -2.50. The number of amides is 1. The molecule has 0 aliphatic carbocycles. The molecule has 1 amide bonds. The van der Waals surface area contributed by atoms with E-state index in [1.54, 1.807) is 17.0 Å². The second-order valence-corrected chi connectivity index (χ2v) is 6.68. The molecule has 0 saturated carbocycles. The molecule has 0 aromatic heterocycles. The Morgan fingerprint density at radius 2 is 1.92 bits per heavy atom. The van der Waals surface area contributed by atoms with Crippen molar-refractivity contribution in [1.82, 2.24) is 4.90 Å². The van der Waals surface area contributed by atoms with Crippen LogP contribution in [0.1, 0.15) is 43.1 Å². The molecule has 0 radical (unpaired) electrons. The molecule has 0 saturated heterocycles. The number of esters is 1. The zero-order valence-electron chi connectivity index (χ0n) is 14.5. The van der Waals surface area contributed by atoms with Crippen molar-refractivity contribution in [1.29, 1.82) is 0 Å². The Morgan fingerprint density at radius 3 is 2.54 bits per heavy atom. The van der Waals surface area contributed by atoms with Gasteiger partial charge in [0.25, 0.3) is 0 Å². The fourth-order valence-corrected chi connectivity index (χ4v) is 2.47. The molecule has 0 spiro atoms. The number of aromatic hydroxyl groups is 1. The predicted octanol–water partition coefficient (Wildman–Crippen LogP) is 3.20. The minimum Gasteiger partial charge on any atom is -0.508 e. The van der Waals surface area contributed by atoms with E-state index in [1.165, 1.54) is 13.2 Å². The van der Waals surface area contributed by atoms with Gasteiger partial charge in [-0.2, -0.15) is 0 Å². The monoisotopic (exact) mass is 333 g/mol. The van der Waals surface area contributed by atoms with Gasteiger partial charge in [0, 0.05) is 13.1 Å². The molecule has 1 aromatic rings. The van der Waals surface area contributed by atoms with Gasteiger partial charge in [0.2, 0.25) is 0 Å². The smallest absolute Gasteiger partial charge is 0.410 e. The predicted molar refractivity (Wildman–Crippen MR) is 89.8 cm³/mol. The fraction of sp³-hybridized carbons (Fsp3) is 0.444. The van der Waals surface area contributed by atoms with Crippen LogP contribution in [0.5, 0.6) is 5.75 Å². The minimum absolute atomic E-state index is 0.0248. The molecule has 6 nitrogen and oxygen atoms in total. The Bertz CT molecular complexity index is 672. The average molecular weight is 333 g/mol. The Labute approximate surface area is 141 Å². The van der Waals surface area contributed by atoms with Crippen LogP contribution < -0.4 is 0 Å². The zero-order valence-corrected chi connectivity index (χ0v) is 14.5. The molecule has 24 heavy (non-hydrogen) atoms. The maximum absolute atomic E-state index is 12.2. The maximum Gasteiger partial charge on any atom is 0.410 e. The molecule has 0 bridgehead atoms. The molecular formula is C18H23NO5. The molecule has 1 heterocycles. The van der Waals surface area contributed by atoms with Gasteiger partial charge in [-0.1, -0.05) is 6.08 Å². The van der Waals surface area contributed by atoms with Crippen molar-refractivity contribution >= 4 is 17.6 Å². The summed E-state index contributed by atoms with van der Waals surface area (Å²) in [5.74, 6) is -0.546. The van der Waals surface area contributed by atoms with Crippen molar-refractivity contribution < 1.29 is 24.2 Å². The van der Waals surface area contributed by atoms with E-state index in [0.717, 1.165) is 5.57 Å². The van der Waals surface area contributed by atoms with Crippen LogP contribution in [0.3, 0.4) is 0 Å². The lowest BCUT2D eigenvalue weighted by Crippen LogP contribution is -2.39. The van der Waals surface area contributed by atoms with Crippen LogP contribution in [0.15, 0.2) is 24.3 Å². The van der Waals surface area contributed by atoms with Gasteiger partial charge in [0.15, 0.2) is 0 Å². The van der Waals surface area contributed by atoms with Crippen LogP contribution in [0, 0.1) is 0 Å². The summed E-state index contributed by atoms with van der Waals surface area (Å²) in [4.78, 5) is 25.5. The summed E-state index contributed by atoms with van der Waals surface area (Å²) in [6.07, 6.45) is 2.30. The van der Waals surface area contributed by atoms with Gasteiger partial charge < -0.3 is 19.5 Å². The molecule has 1 N–H and O–H groups in total. The van der Waals surface area contributed by atoms with Crippen molar-refractivity contribution in [3.05, 3.63) is 35.4 Å². The topological polar surface area (TPSA) is 76.1 Å². The van der Waals surface area contributed by atoms with Crippen LogP contribution >= 0.6 is 0 Å². The third-order valence-corrected chi connectivity index (χ3v) is 3.51. The van der Waals surface area contributed by atoms with E-state index in [2.05, 4.69) is 0 Å². The molecule has 0 unspecified atom stereocenters. The van der Waals surface area contributed by atoms with Gasteiger partial charge in [-0.05, 0) is 56.5 Å². The van der Waals surface area contributed by atoms with Crippen LogP contribution in [0.4, 0.5) is 4.79 Å². The molecular weight excluding hydrogens is 310 g/mol. The number of hydrogen-bond donors (Lipinski definition) is 1. The molecule has 1 aliphatic rings. The summed E-state index contributed by atoms with van der Waals surface area (Å²) in [6.45, 7) is 6.40. The number of carbonyl (C=O) groups is 2. The van der Waals surface area contributed by atoms with E-state index in [0.29, 0.717) is 25.1 Å². The number of hydrogen-bond acceptors (Lipinski definition) is 5. The molecule has 1 aromatic carbocycles. The number of ether oxygens (including phenoxy) is 2. The van der Waals surface area contributed by atoms with Crippen molar-refractivity contribution in [3.63, 3.8) is 0 Å². The second kappa shape index (κ2) is 6.95. The number of phenols is 1. The molecule has 1 aliphatic heterocycles. The summed E-state index contributed by atoms with van der Waals surface area (Å²) in [6, 6.07) is 4.57. The molecule has 0 atom stereocenters. The first-order valence-corrected chi connectivity index (χ1v) is 7.79. The molecule has 130 valence electrons. The van der Waals surface area contributed by atoms with Gasteiger partial charge >= 0.3 is 12.1 Å². The van der Waals surface area contributed by atoms with Crippen molar-refractivity contribution in [3.8, 4) is 5.75 Å². The third-order valence-electron chi connectivity index (χ3n) is 3.51. The summed E-state index contributed by atoms with van der Waals surface area (Å²) < 4.78 is 10.1. The zero-order chi connectivity index (χ0) is 17.9. The highest BCUT2D eigenvalue weighted by Crippen LogP contribution is 2.26. The lowest BCUT2D eigenvalue weighted by Gasteiger charge is -2.30. The number of nitrogens with zero attached hydrogens (tertiary/aromatic N) is 1. The van der Waals surface area contributed by atoms with Gasteiger partial charge in [-0.15, -0.1) is 0 Å². The summed E-state index contributed by atoms with van der Waals surface area (Å²) in [5.41, 5.74) is 1.25. The highest BCUT2D eigenvalue weighted by Gasteiger charge is 2.25.